The second kappa shape index (κ2) is 5.16. The minimum Gasteiger partial charge on any atom is -0.488 e. The first-order valence-corrected chi connectivity index (χ1v) is 6.93. The van der Waals surface area contributed by atoms with Crippen LogP contribution in [0.3, 0.4) is 0 Å². The maximum absolute atomic E-state index is 13.1. The summed E-state index contributed by atoms with van der Waals surface area (Å²) in [7, 11) is 0. The number of benzene rings is 2. The van der Waals surface area contributed by atoms with Crippen LogP contribution in [0.2, 0.25) is 0 Å². The molecule has 120 valence electrons. The maximum atomic E-state index is 13.1. The van der Waals surface area contributed by atoms with Gasteiger partial charge in [0.05, 0.1) is 0 Å². The lowest BCUT2D eigenvalue weighted by molar-refractivity contribution is -0.258. The lowest BCUT2D eigenvalue weighted by Crippen LogP contribution is -2.39. The van der Waals surface area contributed by atoms with E-state index in [0.29, 0.717) is 16.5 Å². The van der Waals surface area contributed by atoms with E-state index in [1.54, 1.807) is 18.2 Å². The highest BCUT2D eigenvalue weighted by Gasteiger charge is 2.51. The molecule has 0 bridgehead atoms. The molecule has 0 saturated heterocycles. The number of rotatable bonds is 2. The van der Waals surface area contributed by atoms with Crippen LogP contribution in [0.5, 0.6) is 5.75 Å². The molecule has 2 rings (SSSR count). The molecule has 0 amide bonds. The van der Waals surface area contributed by atoms with Gasteiger partial charge < -0.3 is 9.84 Å². The number of ether oxygens (including phenoxy) is 1. The van der Waals surface area contributed by atoms with Gasteiger partial charge in [-0.15, -0.1) is 0 Å². The molecule has 0 aromatic heterocycles. The zero-order valence-corrected chi connectivity index (χ0v) is 13.0. The first-order valence-electron chi connectivity index (χ1n) is 6.93. The normalized spacial score (nSPS) is 15.6. The summed E-state index contributed by atoms with van der Waals surface area (Å²) >= 11 is 0. The Bertz CT molecular complexity index is 682. The highest BCUT2D eigenvalue weighted by molar-refractivity contribution is 5.87. The van der Waals surface area contributed by atoms with E-state index < -0.39 is 17.4 Å². The molecular formula is C17H19F3O2. The van der Waals surface area contributed by atoms with Crippen LogP contribution in [0.15, 0.2) is 36.4 Å². The standard InChI is InChI=1S/C17H19F3O2/c1-15(2,3)22-12-9-8-11-6-5-7-14(13(11)10-12)16(4,21)17(18,19)20/h5-10,21H,1-4H3. The molecule has 0 spiro atoms. The summed E-state index contributed by atoms with van der Waals surface area (Å²) in [6.45, 7) is 6.33. The first kappa shape index (κ1) is 16.6. The van der Waals surface area contributed by atoms with E-state index >= 15 is 0 Å². The highest BCUT2D eigenvalue weighted by Crippen LogP contribution is 2.42. The van der Waals surface area contributed by atoms with Gasteiger partial charge in [-0.1, -0.05) is 24.3 Å². The molecular weight excluding hydrogens is 293 g/mol. The van der Waals surface area contributed by atoms with Crippen LogP contribution in [0, 0.1) is 0 Å². The van der Waals surface area contributed by atoms with Crippen molar-refractivity contribution in [2.45, 2.75) is 45.1 Å². The number of halogens is 3. The minimum atomic E-state index is -4.76. The minimum absolute atomic E-state index is 0.183. The Morgan fingerprint density at radius 2 is 1.59 bits per heavy atom. The summed E-state index contributed by atoms with van der Waals surface area (Å²) in [5, 5.41) is 10.9. The van der Waals surface area contributed by atoms with Gasteiger partial charge in [0.15, 0.2) is 5.60 Å². The Kier molecular flexibility index (Phi) is 3.90. The van der Waals surface area contributed by atoms with Gasteiger partial charge in [0.25, 0.3) is 0 Å². The van der Waals surface area contributed by atoms with Gasteiger partial charge >= 0.3 is 6.18 Å². The van der Waals surface area contributed by atoms with E-state index in [0.717, 1.165) is 6.92 Å². The summed E-state index contributed by atoms with van der Waals surface area (Å²) in [6.07, 6.45) is -4.76. The molecule has 0 aliphatic rings. The quantitative estimate of drug-likeness (QED) is 0.864. The number of hydrogen-bond donors (Lipinski definition) is 1. The monoisotopic (exact) mass is 312 g/mol. The summed E-state index contributed by atoms with van der Waals surface area (Å²) in [6, 6.07) is 9.42. The van der Waals surface area contributed by atoms with Crippen LogP contribution in [0.1, 0.15) is 33.3 Å². The molecule has 0 aliphatic heterocycles. The Balaban J connectivity index is 2.63. The number of aliphatic hydroxyl groups is 1. The lowest BCUT2D eigenvalue weighted by Gasteiger charge is -2.28. The van der Waals surface area contributed by atoms with Crippen LogP contribution in [0.4, 0.5) is 13.2 Å². The maximum Gasteiger partial charge on any atom is 0.421 e. The third-order valence-electron chi connectivity index (χ3n) is 3.35. The fourth-order valence-electron chi connectivity index (χ4n) is 2.25. The van der Waals surface area contributed by atoms with Crippen molar-refractivity contribution in [3.63, 3.8) is 0 Å². The van der Waals surface area contributed by atoms with Gasteiger partial charge in [-0.3, -0.25) is 0 Å². The topological polar surface area (TPSA) is 29.5 Å². The largest absolute Gasteiger partial charge is 0.488 e. The SMILES string of the molecule is CC(C)(C)Oc1ccc2cccc(C(C)(O)C(F)(F)F)c2c1. The molecule has 2 nitrogen and oxygen atoms in total. The average molecular weight is 312 g/mol. The van der Waals surface area contributed by atoms with Crippen molar-refractivity contribution in [3.8, 4) is 5.75 Å². The second-order valence-corrected chi connectivity index (χ2v) is 6.47. The summed E-state index contributed by atoms with van der Waals surface area (Å²) in [5.74, 6) is 0.463. The van der Waals surface area contributed by atoms with Gasteiger partial charge in [0.2, 0.25) is 0 Å². The van der Waals surface area contributed by atoms with Gasteiger partial charge in [0, 0.05) is 5.56 Å². The van der Waals surface area contributed by atoms with E-state index in [1.807, 2.05) is 20.8 Å². The number of hydrogen-bond acceptors (Lipinski definition) is 2. The van der Waals surface area contributed by atoms with Crippen molar-refractivity contribution in [2.75, 3.05) is 0 Å². The summed E-state index contributed by atoms with van der Waals surface area (Å²) in [5.41, 5.74) is -3.57. The molecule has 1 N–H and O–H groups in total. The van der Waals surface area contributed by atoms with Crippen LogP contribution in [-0.4, -0.2) is 16.9 Å². The molecule has 5 heteroatoms. The molecule has 22 heavy (non-hydrogen) atoms. The van der Waals surface area contributed by atoms with Crippen molar-refractivity contribution in [1.82, 2.24) is 0 Å². The fourth-order valence-corrected chi connectivity index (χ4v) is 2.25. The predicted octanol–water partition coefficient (Wildman–Crippen LogP) is 4.79. The van der Waals surface area contributed by atoms with Crippen LogP contribution < -0.4 is 4.74 Å². The van der Waals surface area contributed by atoms with Crippen molar-refractivity contribution < 1.29 is 23.0 Å². The molecule has 0 radical (unpaired) electrons. The van der Waals surface area contributed by atoms with E-state index in [1.165, 1.54) is 18.2 Å². The van der Waals surface area contributed by atoms with Crippen molar-refractivity contribution >= 4 is 10.8 Å². The number of fused-ring (bicyclic) bond motifs is 1. The first-order chi connectivity index (χ1) is 9.92. The van der Waals surface area contributed by atoms with Gasteiger partial charge in [-0.25, -0.2) is 0 Å². The van der Waals surface area contributed by atoms with Crippen LogP contribution in [0.25, 0.3) is 10.8 Å². The summed E-state index contributed by atoms with van der Waals surface area (Å²) < 4.78 is 45.1. The Labute approximate surface area is 127 Å². The lowest BCUT2D eigenvalue weighted by atomic mass is 9.90. The zero-order chi connectivity index (χ0) is 16.8. The molecule has 0 saturated carbocycles. The van der Waals surface area contributed by atoms with Crippen molar-refractivity contribution in [2.24, 2.45) is 0 Å². The highest BCUT2D eigenvalue weighted by atomic mass is 19.4. The molecule has 0 heterocycles. The van der Waals surface area contributed by atoms with E-state index in [2.05, 4.69) is 0 Å². The fraction of sp³-hybridized carbons (Fsp3) is 0.412. The van der Waals surface area contributed by atoms with Gasteiger partial charge in [-0.2, -0.15) is 13.2 Å². The predicted molar refractivity (Wildman–Crippen MR) is 80.0 cm³/mol. The molecule has 2 aromatic carbocycles. The van der Waals surface area contributed by atoms with E-state index in [4.69, 9.17) is 4.74 Å². The van der Waals surface area contributed by atoms with Gasteiger partial charge in [0.1, 0.15) is 11.4 Å². The van der Waals surface area contributed by atoms with E-state index in [-0.39, 0.29) is 5.56 Å². The zero-order valence-electron chi connectivity index (χ0n) is 13.0. The average Bonchev–Trinajstić information content (AvgIpc) is 2.34. The van der Waals surface area contributed by atoms with E-state index in [9.17, 15) is 18.3 Å². The Morgan fingerprint density at radius 3 is 2.14 bits per heavy atom. The second-order valence-electron chi connectivity index (χ2n) is 6.47. The number of alkyl halides is 3. The Hall–Kier alpha value is -1.75. The van der Waals surface area contributed by atoms with Gasteiger partial charge in [-0.05, 0) is 50.6 Å². The summed E-state index contributed by atoms with van der Waals surface area (Å²) in [4.78, 5) is 0. The van der Waals surface area contributed by atoms with Crippen molar-refractivity contribution in [3.05, 3.63) is 42.0 Å². The molecule has 2 aromatic rings. The molecule has 0 aliphatic carbocycles. The molecule has 0 fully saturated rings. The molecule has 1 atom stereocenters. The van der Waals surface area contributed by atoms with Crippen LogP contribution in [-0.2, 0) is 5.60 Å². The molecule has 1 unspecified atom stereocenters. The Morgan fingerprint density at radius 1 is 0.955 bits per heavy atom. The van der Waals surface area contributed by atoms with Crippen LogP contribution >= 0.6 is 0 Å². The third-order valence-corrected chi connectivity index (χ3v) is 3.35. The van der Waals surface area contributed by atoms with Crippen molar-refractivity contribution in [1.29, 1.82) is 0 Å². The smallest absolute Gasteiger partial charge is 0.421 e. The third kappa shape index (κ3) is 3.19.